The minimum absolute atomic E-state index is 0.484. The van der Waals surface area contributed by atoms with E-state index >= 15 is 0 Å². The molecule has 120 valence electrons. The van der Waals surface area contributed by atoms with E-state index in [-0.39, 0.29) is 0 Å². The molecule has 0 atom stereocenters. The molecule has 0 unspecified atom stereocenters. The number of nitrogens with zero attached hydrogens (tertiary/aromatic N) is 2. The maximum Gasteiger partial charge on any atom is 0.0426 e. The number of rotatable bonds is 9. The van der Waals surface area contributed by atoms with Gasteiger partial charge in [-0.05, 0) is 51.7 Å². The van der Waals surface area contributed by atoms with Gasteiger partial charge in [-0.1, -0.05) is 31.5 Å². The first-order valence-corrected chi connectivity index (χ1v) is 8.23. The average molecular weight is 312 g/mol. The third-order valence-electron chi connectivity index (χ3n) is 3.50. The number of nitrogens with one attached hydrogen (secondary N) is 1. The predicted molar refractivity (Wildman–Crippen MR) is 94.5 cm³/mol. The second-order valence-corrected chi connectivity index (χ2v) is 6.48. The fourth-order valence-corrected chi connectivity index (χ4v) is 2.49. The normalized spacial score (nSPS) is 11.4. The van der Waals surface area contributed by atoms with Gasteiger partial charge in [0.1, 0.15) is 0 Å². The minimum atomic E-state index is 0.484. The Morgan fingerprint density at radius 3 is 2.48 bits per heavy atom. The van der Waals surface area contributed by atoms with Gasteiger partial charge in [0.15, 0.2) is 0 Å². The Hall–Kier alpha value is -0.770. The molecule has 21 heavy (non-hydrogen) atoms. The van der Waals surface area contributed by atoms with E-state index in [1.807, 2.05) is 6.07 Å². The summed E-state index contributed by atoms with van der Waals surface area (Å²) in [5.74, 6) is 0. The van der Waals surface area contributed by atoms with E-state index in [2.05, 4.69) is 62.1 Å². The molecule has 0 aliphatic rings. The predicted octanol–water partition coefficient (Wildman–Crippen LogP) is 3.62. The zero-order valence-electron chi connectivity index (χ0n) is 14.1. The molecule has 0 radical (unpaired) electrons. The Balaban J connectivity index is 2.82. The SMILES string of the molecule is CCN(CCCN(C)C)c1cc(Cl)ccc1CNC(C)C. The van der Waals surface area contributed by atoms with Crippen molar-refractivity contribution < 1.29 is 0 Å². The highest BCUT2D eigenvalue weighted by Crippen LogP contribution is 2.25. The van der Waals surface area contributed by atoms with Gasteiger partial charge in [0, 0.05) is 36.4 Å². The lowest BCUT2D eigenvalue weighted by Crippen LogP contribution is -2.29. The number of halogens is 1. The molecule has 0 saturated carbocycles. The summed E-state index contributed by atoms with van der Waals surface area (Å²) in [4.78, 5) is 4.65. The van der Waals surface area contributed by atoms with E-state index in [0.29, 0.717) is 6.04 Å². The number of anilines is 1. The van der Waals surface area contributed by atoms with Crippen LogP contribution in [0.15, 0.2) is 18.2 Å². The summed E-state index contributed by atoms with van der Waals surface area (Å²) in [6.07, 6.45) is 1.16. The highest BCUT2D eigenvalue weighted by Gasteiger charge is 2.11. The van der Waals surface area contributed by atoms with Gasteiger partial charge in [-0.25, -0.2) is 0 Å². The topological polar surface area (TPSA) is 18.5 Å². The minimum Gasteiger partial charge on any atom is -0.371 e. The van der Waals surface area contributed by atoms with Gasteiger partial charge in [0.25, 0.3) is 0 Å². The molecule has 0 aliphatic carbocycles. The van der Waals surface area contributed by atoms with Gasteiger partial charge in [0.2, 0.25) is 0 Å². The molecule has 0 aliphatic heterocycles. The molecule has 0 amide bonds. The van der Waals surface area contributed by atoms with E-state index in [0.717, 1.165) is 37.6 Å². The molecule has 1 rings (SSSR count). The highest BCUT2D eigenvalue weighted by atomic mass is 35.5. The molecule has 0 fully saturated rings. The maximum atomic E-state index is 6.21. The largest absolute Gasteiger partial charge is 0.371 e. The second-order valence-electron chi connectivity index (χ2n) is 6.05. The van der Waals surface area contributed by atoms with Crippen LogP contribution in [0.4, 0.5) is 5.69 Å². The summed E-state index contributed by atoms with van der Waals surface area (Å²) < 4.78 is 0. The quantitative estimate of drug-likeness (QED) is 0.751. The van der Waals surface area contributed by atoms with Crippen molar-refractivity contribution in [3.8, 4) is 0 Å². The Bertz CT molecular complexity index is 418. The number of hydrogen-bond acceptors (Lipinski definition) is 3. The molecule has 0 saturated heterocycles. The van der Waals surface area contributed by atoms with Crippen molar-refractivity contribution in [2.45, 2.75) is 39.8 Å². The van der Waals surface area contributed by atoms with Gasteiger partial charge in [0.05, 0.1) is 0 Å². The van der Waals surface area contributed by atoms with Crippen molar-refractivity contribution in [1.82, 2.24) is 10.2 Å². The van der Waals surface area contributed by atoms with Crippen LogP contribution in [-0.4, -0.2) is 44.7 Å². The molecule has 1 N–H and O–H groups in total. The van der Waals surface area contributed by atoms with Crippen LogP contribution in [0.2, 0.25) is 5.02 Å². The summed E-state index contributed by atoms with van der Waals surface area (Å²) in [7, 11) is 4.24. The Kier molecular flexibility index (Phi) is 8.09. The van der Waals surface area contributed by atoms with E-state index in [1.54, 1.807) is 0 Å². The van der Waals surface area contributed by atoms with E-state index in [1.165, 1.54) is 11.3 Å². The van der Waals surface area contributed by atoms with E-state index in [9.17, 15) is 0 Å². The number of benzene rings is 1. The molecule has 4 heteroatoms. The lowest BCUT2D eigenvalue weighted by atomic mass is 10.1. The van der Waals surface area contributed by atoms with Crippen molar-refractivity contribution in [2.24, 2.45) is 0 Å². The zero-order valence-corrected chi connectivity index (χ0v) is 14.9. The zero-order chi connectivity index (χ0) is 15.8. The highest BCUT2D eigenvalue weighted by molar-refractivity contribution is 6.30. The molecule has 0 heterocycles. The van der Waals surface area contributed by atoms with Crippen LogP contribution in [0.5, 0.6) is 0 Å². The Morgan fingerprint density at radius 1 is 1.19 bits per heavy atom. The summed E-state index contributed by atoms with van der Waals surface area (Å²) >= 11 is 6.21. The summed E-state index contributed by atoms with van der Waals surface area (Å²) in [6, 6.07) is 6.70. The van der Waals surface area contributed by atoms with Crippen LogP contribution in [0.3, 0.4) is 0 Å². The smallest absolute Gasteiger partial charge is 0.0426 e. The van der Waals surface area contributed by atoms with E-state index in [4.69, 9.17) is 11.6 Å². The third-order valence-corrected chi connectivity index (χ3v) is 3.74. The van der Waals surface area contributed by atoms with Gasteiger partial charge in [-0.15, -0.1) is 0 Å². The Labute approximate surface area is 135 Å². The maximum absolute atomic E-state index is 6.21. The van der Waals surface area contributed by atoms with E-state index < -0.39 is 0 Å². The van der Waals surface area contributed by atoms with Crippen molar-refractivity contribution >= 4 is 17.3 Å². The van der Waals surface area contributed by atoms with Crippen LogP contribution in [-0.2, 0) is 6.54 Å². The molecule has 1 aromatic carbocycles. The lowest BCUT2D eigenvalue weighted by Gasteiger charge is -2.27. The van der Waals surface area contributed by atoms with Crippen LogP contribution in [0.25, 0.3) is 0 Å². The van der Waals surface area contributed by atoms with Gasteiger partial charge in [-0.3, -0.25) is 0 Å². The fourth-order valence-electron chi connectivity index (χ4n) is 2.32. The van der Waals surface area contributed by atoms with Crippen LogP contribution >= 0.6 is 11.6 Å². The van der Waals surface area contributed by atoms with Crippen molar-refractivity contribution in [3.05, 3.63) is 28.8 Å². The molecule has 0 spiro atoms. The molecular formula is C17H30ClN3. The fraction of sp³-hybridized carbons (Fsp3) is 0.647. The lowest BCUT2D eigenvalue weighted by molar-refractivity contribution is 0.400. The first-order chi connectivity index (χ1) is 9.93. The van der Waals surface area contributed by atoms with Gasteiger partial charge < -0.3 is 15.1 Å². The standard InChI is InChI=1S/C17H30ClN3/c1-6-21(11-7-10-20(4)5)17-12-16(18)9-8-15(17)13-19-14(2)3/h8-9,12,14,19H,6-7,10-11,13H2,1-5H3. The monoisotopic (exact) mass is 311 g/mol. The molecular weight excluding hydrogens is 282 g/mol. The third kappa shape index (κ3) is 6.68. The second kappa shape index (κ2) is 9.29. The van der Waals surface area contributed by atoms with Crippen LogP contribution in [0.1, 0.15) is 32.8 Å². The summed E-state index contributed by atoms with van der Waals surface area (Å²) in [5.41, 5.74) is 2.58. The number of hydrogen-bond donors (Lipinski definition) is 1. The van der Waals surface area contributed by atoms with Crippen LogP contribution < -0.4 is 10.2 Å². The van der Waals surface area contributed by atoms with Crippen molar-refractivity contribution in [3.63, 3.8) is 0 Å². The van der Waals surface area contributed by atoms with Crippen molar-refractivity contribution in [2.75, 3.05) is 38.6 Å². The summed E-state index contributed by atoms with van der Waals surface area (Å²) in [5, 5.41) is 4.31. The first-order valence-electron chi connectivity index (χ1n) is 7.85. The van der Waals surface area contributed by atoms with Gasteiger partial charge in [-0.2, -0.15) is 0 Å². The summed E-state index contributed by atoms with van der Waals surface area (Å²) in [6.45, 7) is 10.6. The Morgan fingerprint density at radius 2 is 1.90 bits per heavy atom. The van der Waals surface area contributed by atoms with Crippen LogP contribution in [0, 0.1) is 0 Å². The van der Waals surface area contributed by atoms with Gasteiger partial charge >= 0.3 is 0 Å². The molecule has 1 aromatic rings. The molecule has 0 aromatic heterocycles. The average Bonchev–Trinajstić information content (AvgIpc) is 2.42. The van der Waals surface area contributed by atoms with Crippen molar-refractivity contribution in [1.29, 1.82) is 0 Å². The molecule has 3 nitrogen and oxygen atoms in total. The molecule has 0 bridgehead atoms. The first kappa shape index (κ1) is 18.3.